The van der Waals surface area contributed by atoms with Gasteiger partial charge in [0.25, 0.3) is 0 Å². The number of rotatable bonds is 4. The number of ether oxygens (including phenoxy) is 1. The van der Waals surface area contributed by atoms with Crippen LogP contribution in [0.15, 0.2) is 12.1 Å². The van der Waals surface area contributed by atoms with Crippen LogP contribution in [-0.4, -0.2) is 19.3 Å². The Kier molecular flexibility index (Phi) is 4.37. The van der Waals surface area contributed by atoms with Crippen molar-refractivity contribution in [3.63, 3.8) is 0 Å². The summed E-state index contributed by atoms with van der Waals surface area (Å²) in [6.45, 7) is 4.44. The first kappa shape index (κ1) is 13.5. The van der Waals surface area contributed by atoms with Gasteiger partial charge >= 0.3 is 0 Å². The SMILES string of the molecule is COCC(C)(C)Nc1cc(F)c(I)cc1N. The smallest absolute Gasteiger partial charge is 0.138 e. The Morgan fingerprint density at radius 3 is 2.69 bits per heavy atom. The normalized spacial score (nSPS) is 11.6. The van der Waals surface area contributed by atoms with Crippen molar-refractivity contribution in [1.82, 2.24) is 0 Å². The van der Waals surface area contributed by atoms with Gasteiger partial charge in [-0.1, -0.05) is 0 Å². The summed E-state index contributed by atoms with van der Waals surface area (Å²) in [5.74, 6) is -0.273. The van der Waals surface area contributed by atoms with Gasteiger partial charge in [0.15, 0.2) is 0 Å². The second kappa shape index (κ2) is 5.18. The van der Waals surface area contributed by atoms with Gasteiger partial charge in [0.05, 0.1) is 27.1 Å². The largest absolute Gasteiger partial charge is 0.397 e. The molecule has 0 fully saturated rings. The zero-order valence-electron chi connectivity index (χ0n) is 9.60. The summed E-state index contributed by atoms with van der Waals surface area (Å²) in [6, 6.07) is 3.02. The Bertz CT molecular complexity index is 382. The van der Waals surface area contributed by atoms with Crippen LogP contribution < -0.4 is 11.1 Å². The zero-order valence-corrected chi connectivity index (χ0v) is 11.8. The van der Waals surface area contributed by atoms with Crippen molar-refractivity contribution < 1.29 is 9.13 Å². The van der Waals surface area contributed by atoms with E-state index in [0.717, 1.165) is 0 Å². The van der Waals surface area contributed by atoms with E-state index in [1.807, 2.05) is 36.4 Å². The monoisotopic (exact) mass is 338 g/mol. The number of methoxy groups -OCH3 is 1. The first-order valence-corrected chi connectivity index (χ1v) is 5.95. The van der Waals surface area contributed by atoms with Gasteiger partial charge in [0, 0.05) is 13.2 Å². The van der Waals surface area contributed by atoms with E-state index in [1.54, 1.807) is 13.2 Å². The molecule has 0 aromatic heterocycles. The third-order valence-electron chi connectivity index (χ3n) is 2.07. The van der Waals surface area contributed by atoms with Gasteiger partial charge in [-0.2, -0.15) is 0 Å². The average Bonchev–Trinajstić information content (AvgIpc) is 2.13. The molecule has 3 N–H and O–H groups in total. The van der Waals surface area contributed by atoms with Crippen LogP contribution in [0.5, 0.6) is 0 Å². The molecular formula is C11H16FIN2O. The number of nitrogen functional groups attached to an aromatic ring is 1. The molecule has 16 heavy (non-hydrogen) atoms. The molecule has 90 valence electrons. The molecular weight excluding hydrogens is 322 g/mol. The van der Waals surface area contributed by atoms with Crippen molar-refractivity contribution in [3.05, 3.63) is 21.5 Å². The molecule has 3 nitrogen and oxygen atoms in total. The van der Waals surface area contributed by atoms with Crippen LogP contribution in [-0.2, 0) is 4.74 Å². The van der Waals surface area contributed by atoms with Crippen molar-refractivity contribution in [2.45, 2.75) is 19.4 Å². The third-order valence-corrected chi connectivity index (χ3v) is 2.90. The predicted molar refractivity (Wildman–Crippen MR) is 73.1 cm³/mol. The molecule has 0 atom stereocenters. The van der Waals surface area contributed by atoms with Crippen molar-refractivity contribution >= 4 is 34.0 Å². The molecule has 5 heteroatoms. The number of hydrogen-bond donors (Lipinski definition) is 2. The van der Waals surface area contributed by atoms with Gasteiger partial charge in [0.2, 0.25) is 0 Å². The number of nitrogens with one attached hydrogen (secondary N) is 1. The third kappa shape index (κ3) is 3.48. The average molecular weight is 338 g/mol. The maximum atomic E-state index is 13.4. The lowest BCUT2D eigenvalue weighted by Gasteiger charge is -2.27. The summed E-state index contributed by atoms with van der Waals surface area (Å²) in [6.07, 6.45) is 0. The van der Waals surface area contributed by atoms with Crippen LogP contribution in [0, 0.1) is 9.39 Å². The molecule has 0 saturated carbocycles. The Balaban J connectivity index is 2.93. The second-order valence-electron chi connectivity index (χ2n) is 4.30. The number of halogens is 2. The fourth-order valence-corrected chi connectivity index (χ4v) is 1.92. The van der Waals surface area contributed by atoms with E-state index in [-0.39, 0.29) is 11.4 Å². The highest BCUT2D eigenvalue weighted by atomic mass is 127. The Labute approximate surface area is 109 Å². The summed E-state index contributed by atoms with van der Waals surface area (Å²) in [5, 5.41) is 3.16. The van der Waals surface area contributed by atoms with Gasteiger partial charge in [-0.3, -0.25) is 0 Å². The van der Waals surface area contributed by atoms with Crippen molar-refractivity contribution in [3.8, 4) is 0 Å². The lowest BCUT2D eigenvalue weighted by molar-refractivity contribution is 0.158. The van der Waals surface area contributed by atoms with Gasteiger partial charge in [-0.25, -0.2) is 4.39 Å². The molecule has 0 aliphatic heterocycles. The Hall–Kier alpha value is -0.560. The van der Waals surface area contributed by atoms with Crippen molar-refractivity contribution in [2.24, 2.45) is 0 Å². The summed E-state index contributed by atoms with van der Waals surface area (Å²) in [7, 11) is 1.63. The topological polar surface area (TPSA) is 47.3 Å². The highest BCUT2D eigenvalue weighted by Gasteiger charge is 2.19. The minimum atomic E-state index is -0.290. The Morgan fingerprint density at radius 2 is 2.12 bits per heavy atom. The summed E-state index contributed by atoms with van der Waals surface area (Å²) < 4.78 is 19.0. The van der Waals surface area contributed by atoms with Crippen molar-refractivity contribution in [2.75, 3.05) is 24.8 Å². The lowest BCUT2D eigenvalue weighted by Crippen LogP contribution is -2.36. The van der Waals surface area contributed by atoms with Crippen LogP contribution >= 0.6 is 22.6 Å². The molecule has 0 saturated heterocycles. The van der Waals surface area contributed by atoms with Crippen LogP contribution in [0.1, 0.15) is 13.8 Å². The summed E-state index contributed by atoms with van der Waals surface area (Å²) in [5.41, 5.74) is 6.66. The second-order valence-corrected chi connectivity index (χ2v) is 5.46. The van der Waals surface area contributed by atoms with Crippen LogP contribution in [0.25, 0.3) is 0 Å². The lowest BCUT2D eigenvalue weighted by atomic mass is 10.1. The fourth-order valence-electron chi connectivity index (χ4n) is 1.43. The highest BCUT2D eigenvalue weighted by molar-refractivity contribution is 14.1. The molecule has 0 heterocycles. The van der Waals surface area contributed by atoms with Gasteiger partial charge in [-0.05, 0) is 42.5 Å². The first-order valence-electron chi connectivity index (χ1n) is 4.87. The summed E-state index contributed by atoms with van der Waals surface area (Å²) in [4.78, 5) is 0. The van der Waals surface area contributed by atoms with Crippen LogP contribution in [0.2, 0.25) is 0 Å². The van der Waals surface area contributed by atoms with E-state index in [2.05, 4.69) is 5.32 Å². The van der Waals surface area contributed by atoms with E-state index in [0.29, 0.717) is 21.6 Å². The maximum absolute atomic E-state index is 13.4. The fraction of sp³-hybridized carbons (Fsp3) is 0.455. The van der Waals surface area contributed by atoms with E-state index >= 15 is 0 Å². The molecule has 1 aromatic carbocycles. The molecule has 1 aromatic rings. The molecule has 0 bridgehead atoms. The van der Waals surface area contributed by atoms with Gasteiger partial charge in [0.1, 0.15) is 5.82 Å². The minimum absolute atomic E-state index is 0.273. The van der Waals surface area contributed by atoms with Crippen LogP contribution in [0.4, 0.5) is 15.8 Å². The quantitative estimate of drug-likeness (QED) is 0.656. The van der Waals surface area contributed by atoms with Gasteiger partial charge in [-0.15, -0.1) is 0 Å². The predicted octanol–water partition coefficient (Wildman–Crippen LogP) is 2.85. The summed E-state index contributed by atoms with van der Waals surface area (Å²) >= 11 is 1.91. The standard InChI is InChI=1S/C11H16FIN2O/c1-11(2,6-16-3)15-10-4-7(12)8(13)5-9(10)14/h4-5,15H,6,14H2,1-3H3. The van der Waals surface area contributed by atoms with Crippen molar-refractivity contribution in [1.29, 1.82) is 0 Å². The number of hydrogen-bond acceptors (Lipinski definition) is 3. The van der Waals surface area contributed by atoms with E-state index in [4.69, 9.17) is 10.5 Å². The Morgan fingerprint density at radius 1 is 1.50 bits per heavy atom. The van der Waals surface area contributed by atoms with E-state index in [9.17, 15) is 4.39 Å². The molecule has 0 amide bonds. The minimum Gasteiger partial charge on any atom is -0.397 e. The number of benzene rings is 1. The molecule has 1 rings (SSSR count). The molecule has 0 spiro atoms. The first-order chi connectivity index (χ1) is 7.35. The molecule has 0 radical (unpaired) electrons. The van der Waals surface area contributed by atoms with Gasteiger partial charge < -0.3 is 15.8 Å². The van der Waals surface area contributed by atoms with E-state index in [1.165, 1.54) is 6.07 Å². The molecule has 0 unspecified atom stereocenters. The molecule has 0 aliphatic rings. The van der Waals surface area contributed by atoms with E-state index < -0.39 is 0 Å². The molecule has 0 aliphatic carbocycles. The zero-order chi connectivity index (χ0) is 12.3. The van der Waals surface area contributed by atoms with Crippen LogP contribution in [0.3, 0.4) is 0 Å². The highest BCUT2D eigenvalue weighted by Crippen LogP contribution is 2.26. The number of nitrogens with two attached hydrogens (primary N) is 1. The maximum Gasteiger partial charge on any atom is 0.138 e. The number of anilines is 2.